The number of rotatable bonds is 4. The second-order valence-corrected chi connectivity index (χ2v) is 1.56. The third kappa shape index (κ3) is 5.06. The molecule has 52 valence electrons. The number of nitrogens with one attached hydrogen (secondary N) is 1. The summed E-state index contributed by atoms with van der Waals surface area (Å²) in [6.07, 6.45) is 3.78. The third-order valence-corrected chi connectivity index (χ3v) is 0.791. The summed E-state index contributed by atoms with van der Waals surface area (Å²) in [7, 11) is 0. The molecule has 0 aromatic rings. The van der Waals surface area contributed by atoms with E-state index in [0.29, 0.717) is 6.54 Å². The summed E-state index contributed by atoms with van der Waals surface area (Å²) >= 11 is 0. The normalized spacial score (nSPS) is 13.9. The first-order valence-corrected chi connectivity index (χ1v) is 2.72. The Kier molecular flexibility index (Phi) is 4.86. The Bertz CT molecular complexity index is 101. The Morgan fingerprint density at radius 1 is 1.78 bits per heavy atom. The molecular weight excluding hydrogens is 116 g/mol. The van der Waals surface area contributed by atoms with Crippen molar-refractivity contribution < 1.29 is 5.11 Å². The topological polar surface area (TPSA) is 58.3 Å². The molecule has 0 radical (unpaired) electrons. The van der Waals surface area contributed by atoms with Crippen LogP contribution in [0, 0.1) is 0 Å². The minimum atomic E-state index is -0.284. The molecule has 3 nitrogen and oxygen atoms in total. The Balaban J connectivity index is 3.25. The monoisotopic (exact) mass is 128 g/mol. The lowest BCUT2D eigenvalue weighted by molar-refractivity contribution is 0.465. The van der Waals surface area contributed by atoms with Gasteiger partial charge in [-0.05, 0) is 6.08 Å². The van der Waals surface area contributed by atoms with Gasteiger partial charge < -0.3 is 10.8 Å². The number of nitrogens with two attached hydrogens (primary N) is 1. The lowest BCUT2D eigenvalue weighted by atomic mass is 10.5. The molecule has 0 aromatic carbocycles. The molecule has 1 unspecified atom stereocenters. The van der Waals surface area contributed by atoms with Crippen molar-refractivity contribution in [3.05, 3.63) is 25.0 Å². The summed E-state index contributed by atoms with van der Waals surface area (Å²) in [6, 6.07) is 0. The van der Waals surface area contributed by atoms with Crippen LogP contribution in [0.1, 0.15) is 0 Å². The molecule has 0 heterocycles. The second-order valence-electron chi connectivity index (χ2n) is 1.56. The van der Waals surface area contributed by atoms with Crippen LogP contribution in [0.2, 0.25) is 0 Å². The molecule has 4 N–H and O–H groups in total. The molecule has 0 aliphatic carbocycles. The van der Waals surface area contributed by atoms with Gasteiger partial charge in [0.25, 0.3) is 0 Å². The SMILES string of the molecule is C=CCNC(N)C=CO. The van der Waals surface area contributed by atoms with E-state index in [0.717, 1.165) is 6.26 Å². The fourth-order valence-corrected chi connectivity index (χ4v) is 0.380. The number of hydrogen-bond donors (Lipinski definition) is 3. The van der Waals surface area contributed by atoms with Gasteiger partial charge in [-0.3, -0.25) is 5.32 Å². The minimum Gasteiger partial charge on any atom is -0.516 e. The summed E-state index contributed by atoms with van der Waals surface area (Å²) in [5.41, 5.74) is 5.36. The highest BCUT2D eigenvalue weighted by Crippen LogP contribution is 1.73. The van der Waals surface area contributed by atoms with Gasteiger partial charge in [-0.1, -0.05) is 6.08 Å². The predicted molar refractivity (Wildman–Crippen MR) is 37.9 cm³/mol. The highest BCUT2D eigenvalue weighted by atomic mass is 16.2. The Morgan fingerprint density at radius 3 is 2.89 bits per heavy atom. The van der Waals surface area contributed by atoms with Crippen molar-refractivity contribution >= 4 is 0 Å². The number of hydrogen-bond acceptors (Lipinski definition) is 3. The molecule has 9 heavy (non-hydrogen) atoms. The van der Waals surface area contributed by atoms with Crippen molar-refractivity contribution in [3.63, 3.8) is 0 Å². The average Bonchev–Trinajstić information content (AvgIpc) is 1.85. The van der Waals surface area contributed by atoms with E-state index in [4.69, 9.17) is 10.8 Å². The highest BCUT2D eigenvalue weighted by Gasteiger charge is 1.89. The van der Waals surface area contributed by atoms with E-state index in [1.807, 2.05) is 0 Å². The van der Waals surface area contributed by atoms with Gasteiger partial charge >= 0.3 is 0 Å². The van der Waals surface area contributed by atoms with Crippen LogP contribution in [0.25, 0.3) is 0 Å². The predicted octanol–water partition coefficient (Wildman–Crippen LogP) is 0.119. The fraction of sp³-hybridized carbons (Fsp3) is 0.333. The summed E-state index contributed by atoms with van der Waals surface area (Å²) < 4.78 is 0. The quantitative estimate of drug-likeness (QED) is 0.286. The lowest BCUT2D eigenvalue weighted by Gasteiger charge is -2.04. The Hall–Kier alpha value is -0.800. The van der Waals surface area contributed by atoms with Crippen molar-refractivity contribution in [2.75, 3.05) is 6.54 Å². The van der Waals surface area contributed by atoms with Crippen molar-refractivity contribution in [1.82, 2.24) is 5.32 Å². The zero-order valence-corrected chi connectivity index (χ0v) is 5.25. The van der Waals surface area contributed by atoms with Crippen LogP contribution in [0.3, 0.4) is 0 Å². The van der Waals surface area contributed by atoms with Crippen LogP contribution in [-0.4, -0.2) is 17.8 Å². The maximum absolute atomic E-state index is 8.21. The van der Waals surface area contributed by atoms with Crippen LogP contribution < -0.4 is 11.1 Å². The summed E-state index contributed by atoms with van der Waals surface area (Å²) in [4.78, 5) is 0. The summed E-state index contributed by atoms with van der Waals surface area (Å²) in [5.74, 6) is 0. The molecule has 0 aliphatic heterocycles. The third-order valence-electron chi connectivity index (χ3n) is 0.791. The van der Waals surface area contributed by atoms with E-state index in [1.165, 1.54) is 6.08 Å². The van der Waals surface area contributed by atoms with Gasteiger partial charge in [-0.15, -0.1) is 6.58 Å². The van der Waals surface area contributed by atoms with Crippen molar-refractivity contribution in [1.29, 1.82) is 0 Å². The van der Waals surface area contributed by atoms with Crippen LogP contribution in [0.15, 0.2) is 25.0 Å². The number of aliphatic hydroxyl groups is 1. The maximum Gasteiger partial charge on any atom is 0.0780 e. The van der Waals surface area contributed by atoms with Gasteiger partial charge in [-0.2, -0.15) is 0 Å². The summed E-state index contributed by atoms with van der Waals surface area (Å²) in [6.45, 7) is 4.13. The molecule has 0 amide bonds. The van der Waals surface area contributed by atoms with E-state index >= 15 is 0 Å². The van der Waals surface area contributed by atoms with Gasteiger partial charge in [0.1, 0.15) is 0 Å². The highest BCUT2D eigenvalue weighted by molar-refractivity contribution is 4.85. The fourth-order valence-electron chi connectivity index (χ4n) is 0.380. The first kappa shape index (κ1) is 8.20. The molecule has 0 aliphatic rings. The molecule has 1 atom stereocenters. The van der Waals surface area contributed by atoms with Crippen LogP contribution in [0.5, 0.6) is 0 Å². The molecule has 3 heteroatoms. The van der Waals surface area contributed by atoms with Crippen molar-refractivity contribution in [3.8, 4) is 0 Å². The summed E-state index contributed by atoms with van der Waals surface area (Å²) in [5, 5.41) is 11.1. The zero-order chi connectivity index (χ0) is 7.11. The molecule has 0 spiro atoms. The molecule has 0 aromatic heterocycles. The molecule has 0 rings (SSSR count). The Labute approximate surface area is 54.9 Å². The molecular formula is C6H12N2O. The first-order valence-electron chi connectivity index (χ1n) is 2.72. The van der Waals surface area contributed by atoms with Gasteiger partial charge in [0, 0.05) is 6.54 Å². The molecule has 0 bridgehead atoms. The van der Waals surface area contributed by atoms with E-state index in [9.17, 15) is 0 Å². The van der Waals surface area contributed by atoms with E-state index in [1.54, 1.807) is 6.08 Å². The van der Waals surface area contributed by atoms with Gasteiger partial charge in [0.15, 0.2) is 0 Å². The zero-order valence-electron chi connectivity index (χ0n) is 5.25. The average molecular weight is 128 g/mol. The second kappa shape index (κ2) is 5.34. The van der Waals surface area contributed by atoms with E-state index < -0.39 is 0 Å². The van der Waals surface area contributed by atoms with Gasteiger partial charge in [0.2, 0.25) is 0 Å². The van der Waals surface area contributed by atoms with Gasteiger partial charge in [0.05, 0.1) is 12.4 Å². The minimum absolute atomic E-state index is 0.284. The lowest BCUT2D eigenvalue weighted by Crippen LogP contribution is -2.35. The largest absolute Gasteiger partial charge is 0.516 e. The number of aliphatic hydroxyl groups excluding tert-OH is 1. The van der Waals surface area contributed by atoms with Crippen molar-refractivity contribution in [2.45, 2.75) is 6.17 Å². The van der Waals surface area contributed by atoms with Crippen LogP contribution in [0.4, 0.5) is 0 Å². The van der Waals surface area contributed by atoms with Crippen LogP contribution in [-0.2, 0) is 0 Å². The van der Waals surface area contributed by atoms with E-state index in [2.05, 4.69) is 11.9 Å². The molecule has 0 fully saturated rings. The standard InChI is InChI=1S/C6H12N2O/c1-2-4-8-6(7)3-5-9/h2-3,5-6,8-9H,1,4,7H2. The molecule has 0 saturated heterocycles. The Morgan fingerprint density at radius 2 is 2.44 bits per heavy atom. The first-order chi connectivity index (χ1) is 4.31. The van der Waals surface area contributed by atoms with E-state index in [-0.39, 0.29) is 6.17 Å². The van der Waals surface area contributed by atoms with Gasteiger partial charge in [-0.25, -0.2) is 0 Å². The van der Waals surface area contributed by atoms with Crippen LogP contribution >= 0.6 is 0 Å². The van der Waals surface area contributed by atoms with Crippen molar-refractivity contribution in [2.24, 2.45) is 5.73 Å². The molecule has 0 saturated carbocycles. The maximum atomic E-state index is 8.21. The smallest absolute Gasteiger partial charge is 0.0780 e.